The highest BCUT2D eigenvalue weighted by Crippen LogP contribution is 2.29. The number of amides is 2. The number of hydrogen-bond acceptors (Lipinski definition) is 4. The number of benzene rings is 1. The van der Waals surface area contributed by atoms with Crippen LogP contribution in [0, 0.1) is 0 Å². The molecule has 0 saturated carbocycles. The molecule has 1 aliphatic heterocycles. The first-order valence-corrected chi connectivity index (χ1v) is 5.93. The lowest BCUT2D eigenvalue weighted by Gasteiger charge is -2.19. The number of imide groups is 1. The fraction of sp³-hybridized carbons (Fsp3) is 0.385. The van der Waals surface area contributed by atoms with Crippen LogP contribution in [0.15, 0.2) is 18.2 Å². The van der Waals surface area contributed by atoms with E-state index in [1.807, 2.05) is 0 Å². The van der Waals surface area contributed by atoms with E-state index in [0.717, 1.165) is 12.8 Å². The lowest BCUT2D eigenvalue weighted by Crippen LogP contribution is -2.35. The molecule has 2 N–H and O–H groups in total. The van der Waals surface area contributed by atoms with E-state index < -0.39 is 0 Å². The number of anilines is 2. The first-order chi connectivity index (χ1) is 8.63. The van der Waals surface area contributed by atoms with E-state index in [-0.39, 0.29) is 11.8 Å². The van der Waals surface area contributed by atoms with Gasteiger partial charge >= 0.3 is 0 Å². The summed E-state index contributed by atoms with van der Waals surface area (Å²) in [5.41, 5.74) is 6.73. The topological polar surface area (TPSA) is 72.6 Å². The van der Waals surface area contributed by atoms with Crippen molar-refractivity contribution in [1.29, 1.82) is 0 Å². The second-order valence-electron chi connectivity index (χ2n) is 4.26. The van der Waals surface area contributed by atoms with Gasteiger partial charge in [0.1, 0.15) is 5.75 Å². The molecule has 1 aliphatic rings. The van der Waals surface area contributed by atoms with Crippen molar-refractivity contribution in [2.45, 2.75) is 25.7 Å². The largest absolute Gasteiger partial charge is 0.495 e. The highest BCUT2D eigenvalue weighted by atomic mass is 16.5. The van der Waals surface area contributed by atoms with E-state index in [1.54, 1.807) is 18.2 Å². The number of carbonyl (C=O) groups excluding carboxylic acids is 2. The Bertz CT molecular complexity index is 467. The molecule has 1 saturated heterocycles. The van der Waals surface area contributed by atoms with Crippen molar-refractivity contribution in [2.24, 2.45) is 0 Å². The number of ether oxygens (including phenoxy) is 1. The lowest BCUT2D eigenvalue weighted by atomic mass is 10.2. The van der Waals surface area contributed by atoms with Crippen molar-refractivity contribution in [3.63, 3.8) is 0 Å². The van der Waals surface area contributed by atoms with Crippen LogP contribution < -0.4 is 15.4 Å². The molecular weight excluding hydrogens is 232 g/mol. The summed E-state index contributed by atoms with van der Waals surface area (Å²) in [7, 11) is 1.52. The average Bonchev–Trinajstić information content (AvgIpc) is 2.50. The minimum absolute atomic E-state index is 0.165. The van der Waals surface area contributed by atoms with Crippen LogP contribution in [0.4, 0.5) is 11.4 Å². The summed E-state index contributed by atoms with van der Waals surface area (Å²) >= 11 is 0. The van der Waals surface area contributed by atoms with Crippen molar-refractivity contribution in [1.82, 2.24) is 0 Å². The minimum atomic E-state index is -0.165. The molecule has 18 heavy (non-hydrogen) atoms. The Hall–Kier alpha value is -2.04. The Balaban J connectivity index is 2.36. The molecule has 1 aromatic carbocycles. The van der Waals surface area contributed by atoms with Gasteiger partial charge in [-0.2, -0.15) is 0 Å². The third-order valence-electron chi connectivity index (χ3n) is 3.00. The predicted molar refractivity (Wildman–Crippen MR) is 68.4 cm³/mol. The lowest BCUT2D eigenvalue weighted by molar-refractivity contribution is -0.125. The molecule has 2 amide bonds. The van der Waals surface area contributed by atoms with E-state index in [4.69, 9.17) is 10.5 Å². The summed E-state index contributed by atoms with van der Waals surface area (Å²) in [6.45, 7) is 0. The Morgan fingerprint density at radius 1 is 1.17 bits per heavy atom. The first kappa shape index (κ1) is 12.4. The summed E-state index contributed by atoms with van der Waals surface area (Å²) in [4.78, 5) is 25.1. The Labute approximate surface area is 106 Å². The molecular formula is C13H16N2O3. The zero-order valence-electron chi connectivity index (χ0n) is 10.3. The molecule has 0 aromatic heterocycles. The molecule has 1 aromatic rings. The number of nitrogens with two attached hydrogens (primary N) is 1. The van der Waals surface area contributed by atoms with E-state index in [0.29, 0.717) is 30.0 Å². The van der Waals surface area contributed by atoms with Gasteiger partial charge in [-0.25, -0.2) is 0 Å². The van der Waals surface area contributed by atoms with Gasteiger partial charge in [0.25, 0.3) is 0 Å². The Kier molecular flexibility index (Phi) is 3.50. The predicted octanol–water partition coefficient (Wildman–Crippen LogP) is 1.71. The first-order valence-electron chi connectivity index (χ1n) is 5.93. The van der Waals surface area contributed by atoms with Crippen LogP contribution in [-0.4, -0.2) is 18.9 Å². The third kappa shape index (κ3) is 2.30. The molecule has 0 spiro atoms. The van der Waals surface area contributed by atoms with Crippen LogP contribution in [0.2, 0.25) is 0 Å². The number of nitrogen functional groups attached to an aromatic ring is 1. The van der Waals surface area contributed by atoms with Crippen molar-refractivity contribution in [2.75, 3.05) is 17.7 Å². The summed E-state index contributed by atoms with van der Waals surface area (Å²) in [5.74, 6) is 0.206. The zero-order chi connectivity index (χ0) is 13.1. The Morgan fingerprint density at radius 2 is 1.78 bits per heavy atom. The van der Waals surface area contributed by atoms with Gasteiger partial charge in [0, 0.05) is 12.8 Å². The van der Waals surface area contributed by atoms with Crippen LogP contribution in [0.5, 0.6) is 5.75 Å². The monoisotopic (exact) mass is 248 g/mol. The van der Waals surface area contributed by atoms with E-state index in [2.05, 4.69) is 0 Å². The second kappa shape index (κ2) is 5.08. The van der Waals surface area contributed by atoms with Gasteiger partial charge in [0.15, 0.2) is 0 Å². The molecule has 0 radical (unpaired) electrons. The average molecular weight is 248 g/mol. The molecule has 96 valence electrons. The van der Waals surface area contributed by atoms with Gasteiger partial charge in [-0.1, -0.05) is 0 Å². The fourth-order valence-electron chi connectivity index (χ4n) is 2.06. The van der Waals surface area contributed by atoms with Gasteiger partial charge in [0.2, 0.25) is 11.8 Å². The molecule has 0 bridgehead atoms. The smallest absolute Gasteiger partial charge is 0.233 e. The van der Waals surface area contributed by atoms with Crippen molar-refractivity contribution in [3.05, 3.63) is 18.2 Å². The van der Waals surface area contributed by atoms with Crippen LogP contribution in [-0.2, 0) is 9.59 Å². The molecule has 2 rings (SSSR count). The standard InChI is InChI=1S/C13H16N2O3/c1-18-11-7-6-9(8-10(11)14)15-12(16)4-2-3-5-13(15)17/h6-8H,2-5,14H2,1H3. The molecule has 0 aliphatic carbocycles. The summed E-state index contributed by atoms with van der Waals surface area (Å²) in [6, 6.07) is 4.94. The number of nitrogens with zero attached hydrogens (tertiary/aromatic N) is 1. The SMILES string of the molecule is COc1ccc(N2C(=O)CCCCC2=O)cc1N. The van der Waals surface area contributed by atoms with Gasteiger partial charge in [-0.3, -0.25) is 14.5 Å². The maximum Gasteiger partial charge on any atom is 0.233 e. The van der Waals surface area contributed by atoms with Crippen LogP contribution >= 0.6 is 0 Å². The van der Waals surface area contributed by atoms with Crippen LogP contribution in [0.25, 0.3) is 0 Å². The van der Waals surface area contributed by atoms with Gasteiger partial charge < -0.3 is 10.5 Å². The normalized spacial score (nSPS) is 16.6. The van der Waals surface area contributed by atoms with Crippen molar-refractivity contribution in [3.8, 4) is 5.75 Å². The van der Waals surface area contributed by atoms with E-state index in [1.165, 1.54) is 12.0 Å². The molecule has 1 fully saturated rings. The fourth-order valence-corrected chi connectivity index (χ4v) is 2.06. The highest BCUT2D eigenvalue weighted by molar-refractivity contribution is 6.15. The van der Waals surface area contributed by atoms with Crippen LogP contribution in [0.1, 0.15) is 25.7 Å². The highest BCUT2D eigenvalue weighted by Gasteiger charge is 2.25. The van der Waals surface area contributed by atoms with Crippen molar-refractivity contribution >= 4 is 23.2 Å². The molecule has 5 nitrogen and oxygen atoms in total. The second-order valence-corrected chi connectivity index (χ2v) is 4.26. The van der Waals surface area contributed by atoms with Crippen LogP contribution in [0.3, 0.4) is 0 Å². The number of rotatable bonds is 2. The van der Waals surface area contributed by atoms with Gasteiger partial charge in [-0.05, 0) is 31.0 Å². The molecule has 1 heterocycles. The maximum atomic E-state index is 11.9. The summed E-state index contributed by atoms with van der Waals surface area (Å²) in [6.07, 6.45) is 2.31. The maximum absolute atomic E-state index is 11.9. The number of methoxy groups -OCH3 is 1. The zero-order valence-corrected chi connectivity index (χ0v) is 10.3. The Morgan fingerprint density at radius 3 is 2.28 bits per heavy atom. The molecule has 0 unspecified atom stereocenters. The summed E-state index contributed by atoms with van der Waals surface area (Å²) < 4.78 is 5.05. The number of carbonyl (C=O) groups is 2. The quantitative estimate of drug-likeness (QED) is 0.638. The van der Waals surface area contributed by atoms with E-state index in [9.17, 15) is 9.59 Å². The minimum Gasteiger partial charge on any atom is -0.495 e. The third-order valence-corrected chi connectivity index (χ3v) is 3.00. The number of hydrogen-bond donors (Lipinski definition) is 1. The molecule has 0 atom stereocenters. The van der Waals surface area contributed by atoms with E-state index >= 15 is 0 Å². The van der Waals surface area contributed by atoms with Gasteiger partial charge in [0.05, 0.1) is 18.5 Å². The van der Waals surface area contributed by atoms with Crippen molar-refractivity contribution < 1.29 is 14.3 Å². The van der Waals surface area contributed by atoms with Gasteiger partial charge in [-0.15, -0.1) is 0 Å². The molecule has 5 heteroatoms. The summed E-state index contributed by atoms with van der Waals surface area (Å²) in [5, 5.41) is 0.